The van der Waals surface area contributed by atoms with Crippen LogP contribution in [-0.2, 0) is 4.79 Å². The van der Waals surface area contributed by atoms with Crippen molar-refractivity contribution in [1.29, 1.82) is 0 Å². The summed E-state index contributed by atoms with van der Waals surface area (Å²) in [6.45, 7) is 3.21. The van der Waals surface area contributed by atoms with Gasteiger partial charge in [-0.25, -0.2) is 0 Å². The van der Waals surface area contributed by atoms with E-state index in [1.165, 1.54) is 25.7 Å². The molecule has 0 aromatic heterocycles. The summed E-state index contributed by atoms with van der Waals surface area (Å²) >= 11 is 0. The van der Waals surface area contributed by atoms with Gasteiger partial charge in [0.05, 0.1) is 0 Å². The molecule has 0 saturated carbocycles. The largest absolute Gasteiger partial charge is 0.355 e. The second-order valence-corrected chi connectivity index (χ2v) is 5.16. The maximum Gasteiger partial charge on any atom is 0.216 e. The fraction of sp³-hybridized carbons (Fsp3) is 0.917. The Labute approximate surface area is 97.8 Å². The number of piperidine rings is 1. The third-order valence-corrected chi connectivity index (χ3v) is 4.03. The average Bonchev–Trinajstić information content (AvgIpc) is 2.50. The highest BCUT2D eigenvalue weighted by Gasteiger charge is 2.37. The number of hydrogen-bond acceptors (Lipinski definition) is 3. The van der Waals surface area contributed by atoms with Crippen molar-refractivity contribution in [1.82, 2.24) is 15.5 Å². The Balaban J connectivity index is 1.66. The first-order valence-electron chi connectivity index (χ1n) is 6.36. The van der Waals surface area contributed by atoms with Crippen LogP contribution in [0.25, 0.3) is 0 Å². The summed E-state index contributed by atoms with van der Waals surface area (Å²) in [5.74, 6) is 0.0604. The van der Waals surface area contributed by atoms with Crippen molar-refractivity contribution in [2.24, 2.45) is 0 Å². The molecule has 2 bridgehead atoms. The van der Waals surface area contributed by atoms with Gasteiger partial charge in [0.1, 0.15) is 0 Å². The van der Waals surface area contributed by atoms with Crippen LogP contribution in [0, 0.1) is 0 Å². The quantitative estimate of drug-likeness (QED) is 0.678. The van der Waals surface area contributed by atoms with Gasteiger partial charge in [0.15, 0.2) is 0 Å². The van der Waals surface area contributed by atoms with E-state index in [-0.39, 0.29) is 5.91 Å². The SMILES string of the molecule is CC(=O)NCCNC1CC2CCC(C1)N2C. The molecule has 4 nitrogen and oxygen atoms in total. The summed E-state index contributed by atoms with van der Waals surface area (Å²) in [7, 11) is 2.26. The lowest BCUT2D eigenvalue weighted by atomic mass is 9.98. The van der Waals surface area contributed by atoms with Gasteiger partial charge in [-0.05, 0) is 32.7 Å². The molecule has 92 valence electrons. The van der Waals surface area contributed by atoms with E-state index in [1.807, 2.05) is 0 Å². The van der Waals surface area contributed by atoms with E-state index < -0.39 is 0 Å². The van der Waals surface area contributed by atoms with Gasteiger partial charge in [0.2, 0.25) is 5.91 Å². The monoisotopic (exact) mass is 225 g/mol. The molecule has 2 saturated heterocycles. The highest BCUT2D eigenvalue weighted by atomic mass is 16.1. The lowest BCUT2D eigenvalue weighted by Crippen LogP contribution is -2.48. The molecule has 2 heterocycles. The summed E-state index contributed by atoms with van der Waals surface area (Å²) in [5.41, 5.74) is 0. The molecule has 2 N–H and O–H groups in total. The van der Waals surface area contributed by atoms with Crippen LogP contribution in [0.1, 0.15) is 32.6 Å². The molecule has 2 aliphatic rings. The molecule has 2 aliphatic heterocycles. The fourth-order valence-electron chi connectivity index (χ4n) is 3.09. The molecule has 0 radical (unpaired) electrons. The Morgan fingerprint density at radius 2 is 1.88 bits per heavy atom. The molecule has 2 rings (SSSR count). The predicted octanol–water partition coefficient (Wildman–Crippen LogP) is 0.337. The molecule has 0 aromatic rings. The van der Waals surface area contributed by atoms with Gasteiger partial charge < -0.3 is 15.5 Å². The van der Waals surface area contributed by atoms with Gasteiger partial charge in [0.25, 0.3) is 0 Å². The summed E-state index contributed by atoms with van der Waals surface area (Å²) in [6, 6.07) is 2.23. The van der Waals surface area contributed by atoms with Crippen LogP contribution in [-0.4, -0.2) is 49.1 Å². The third-order valence-electron chi connectivity index (χ3n) is 4.03. The highest BCUT2D eigenvalue weighted by Crippen LogP contribution is 2.33. The summed E-state index contributed by atoms with van der Waals surface area (Å²) in [5, 5.41) is 6.38. The van der Waals surface area contributed by atoms with Crippen LogP contribution in [0.3, 0.4) is 0 Å². The average molecular weight is 225 g/mol. The number of nitrogens with zero attached hydrogens (tertiary/aromatic N) is 1. The van der Waals surface area contributed by atoms with Crippen molar-refractivity contribution in [3.63, 3.8) is 0 Å². The topological polar surface area (TPSA) is 44.4 Å². The maximum absolute atomic E-state index is 10.7. The van der Waals surface area contributed by atoms with Crippen molar-refractivity contribution in [2.45, 2.75) is 50.7 Å². The second-order valence-electron chi connectivity index (χ2n) is 5.16. The van der Waals surface area contributed by atoms with Gasteiger partial charge in [-0.2, -0.15) is 0 Å². The smallest absolute Gasteiger partial charge is 0.216 e. The summed E-state index contributed by atoms with van der Waals surface area (Å²) in [6.07, 6.45) is 5.27. The lowest BCUT2D eigenvalue weighted by molar-refractivity contribution is -0.118. The second kappa shape index (κ2) is 5.15. The first-order valence-corrected chi connectivity index (χ1v) is 6.36. The van der Waals surface area contributed by atoms with E-state index in [1.54, 1.807) is 6.92 Å². The molecule has 0 aliphatic carbocycles. The predicted molar refractivity (Wildman–Crippen MR) is 64.3 cm³/mol. The van der Waals surface area contributed by atoms with Gasteiger partial charge in [-0.1, -0.05) is 0 Å². The Morgan fingerprint density at radius 3 is 2.44 bits per heavy atom. The third kappa shape index (κ3) is 2.74. The molecular formula is C12H23N3O. The molecule has 0 aromatic carbocycles. The van der Waals surface area contributed by atoms with Crippen molar-refractivity contribution in [3.8, 4) is 0 Å². The Hall–Kier alpha value is -0.610. The zero-order valence-electron chi connectivity index (χ0n) is 10.3. The number of hydrogen-bond donors (Lipinski definition) is 2. The number of fused-ring (bicyclic) bond motifs is 2. The minimum absolute atomic E-state index is 0.0604. The molecule has 2 unspecified atom stereocenters. The Kier molecular flexibility index (Phi) is 3.82. The molecule has 0 spiro atoms. The van der Waals surface area contributed by atoms with Gasteiger partial charge >= 0.3 is 0 Å². The van der Waals surface area contributed by atoms with Crippen LogP contribution in [0.2, 0.25) is 0 Å². The zero-order chi connectivity index (χ0) is 11.5. The molecule has 1 amide bonds. The summed E-state index contributed by atoms with van der Waals surface area (Å²) in [4.78, 5) is 13.3. The van der Waals surface area contributed by atoms with Crippen LogP contribution < -0.4 is 10.6 Å². The van der Waals surface area contributed by atoms with E-state index in [2.05, 4.69) is 22.6 Å². The molecular weight excluding hydrogens is 202 g/mol. The standard InChI is InChI=1S/C12H23N3O/c1-9(16)13-5-6-14-10-7-11-3-4-12(8-10)15(11)2/h10-12,14H,3-8H2,1-2H3,(H,13,16). The first kappa shape index (κ1) is 11.9. The fourth-order valence-corrected chi connectivity index (χ4v) is 3.09. The van der Waals surface area contributed by atoms with E-state index in [4.69, 9.17) is 0 Å². The van der Waals surface area contributed by atoms with Crippen molar-refractivity contribution < 1.29 is 4.79 Å². The number of nitrogens with one attached hydrogen (secondary N) is 2. The number of rotatable bonds is 4. The normalized spacial score (nSPS) is 34.0. The van der Waals surface area contributed by atoms with Crippen molar-refractivity contribution in [3.05, 3.63) is 0 Å². The minimum Gasteiger partial charge on any atom is -0.355 e. The number of carbonyl (C=O) groups excluding carboxylic acids is 1. The van der Waals surface area contributed by atoms with Crippen molar-refractivity contribution >= 4 is 5.91 Å². The molecule has 2 atom stereocenters. The first-order chi connectivity index (χ1) is 7.66. The van der Waals surface area contributed by atoms with Crippen LogP contribution in [0.5, 0.6) is 0 Å². The van der Waals surface area contributed by atoms with Gasteiger partial charge in [-0.15, -0.1) is 0 Å². The summed E-state index contributed by atoms with van der Waals surface area (Å²) < 4.78 is 0. The van der Waals surface area contributed by atoms with Crippen molar-refractivity contribution in [2.75, 3.05) is 20.1 Å². The van der Waals surface area contributed by atoms with Crippen LogP contribution in [0.4, 0.5) is 0 Å². The van der Waals surface area contributed by atoms with E-state index in [9.17, 15) is 4.79 Å². The van der Waals surface area contributed by atoms with E-state index in [0.717, 1.165) is 25.2 Å². The molecule has 4 heteroatoms. The highest BCUT2D eigenvalue weighted by molar-refractivity contribution is 5.72. The maximum atomic E-state index is 10.7. The van der Waals surface area contributed by atoms with Gasteiger partial charge in [0, 0.05) is 38.1 Å². The lowest BCUT2D eigenvalue weighted by Gasteiger charge is -2.36. The Morgan fingerprint density at radius 1 is 1.25 bits per heavy atom. The van der Waals surface area contributed by atoms with Crippen LogP contribution >= 0.6 is 0 Å². The molecule has 2 fully saturated rings. The number of amides is 1. The number of carbonyl (C=O) groups is 1. The van der Waals surface area contributed by atoms with Gasteiger partial charge in [-0.3, -0.25) is 4.79 Å². The minimum atomic E-state index is 0.0604. The van der Waals surface area contributed by atoms with E-state index in [0.29, 0.717) is 6.04 Å². The zero-order valence-corrected chi connectivity index (χ0v) is 10.3. The van der Waals surface area contributed by atoms with Crippen LogP contribution in [0.15, 0.2) is 0 Å². The Bertz CT molecular complexity index is 243. The molecule has 16 heavy (non-hydrogen) atoms. The van der Waals surface area contributed by atoms with E-state index >= 15 is 0 Å².